The van der Waals surface area contributed by atoms with E-state index in [0.29, 0.717) is 23.5 Å². The lowest BCUT2D eigenvalue weighted by Gasteiger charge is -2.41. The van der Waals surface area contributed by atoms with Gasteiger partial charge < -0.3 is 0 Å². The molecule has 1 nitrogen and oxygen atoms in total. The number of hydrogen-bond donors (Lipinski definition) is 0. The summed E-state index contributed by atoms with van der Waals surface area (Å²) in [4.78, 5) is 11.9. The second kappa shape index (κ2) is 6.37. The Hall–Kier alpha value is -0.590. The third kappa shape index (κ3) is 4.29. The fourth-order valence-electron chi connectivity index (χ4n) is 3.00. The normalized spacial score (nSPS) is 33.4. The van der Waals surface area contributed by atoms with Crippen molar-refractivity contribution in [3.63, 3.8) is 0 Å². The van der Waals surface area contributed by atoms with Crippen LogP contribution in [0, 0.1) is 17.3 Å². The highest BCUT2D eigenvalue weighted by molar-refractivity contribution is 5.78. The first-order chi connectivity index (χ1) is 8.00. The molecule has 1 aliphatic carbocycles. The van der Waals surface area contributed by atoms with Gasteiger partial charge in [0.1, 0.15) is 5.78 Å². The van der Waals surface area contributed by atoms with Crippen LogP contribution in [0.5, 0.6) is 0 Å². The molecule has 1 rings (SSSR count). The molecule has 0 amide bonds. The number of carbonyl (C=O) groups excluding carboxylic acids is 1. The summed E-state index contributed by atoms with van der Waals surface area (Å²) in [5, 5.41) is 0. The predicted molar refractivity (Wildman–Crippen MR) is 74.0 cm³/mol. The first-order valence-corrected chi connectivity index (χ1v) is 7.13. The van der Waals surface area contributed by atoms with Gasteiger partial charge in [0.05, 0.1) is 0 Å². The molecule has 0 aliphatic heterocycles. The molecule has 0 aromatic heterocycles. The summed E-state index contributed by atoms with van der Waals surface area (Å²) in [7, 11) is 0. The van der Waals surface area contributed by atoms with Crippen molar-refractivity contribution in [2.45, 2.75) is 65.7 Å². The standard InChI is InChI=1S/C16H28O/c1-5-7-8-15(17)11-14-12-16(4,6-2)10-9-13(14)3/h5,13-14H,1,6-12H2,2-4H3. The Morgan fingerprint density at radius 3 is 2.82 bits per heavy atom. The summed E-state index contributed by atoms with van der Waals surface area (Å²) in [6.07, 6.45) is 9.29. The van der Waals surface area contributed by atoms with Crippen molar-refractivity contribution < 1.29 is 4.79 Å². The lowest BCUT2D eigenvalue weighted by molar-refractivity contribution is -0.121. The monoisotopic (exact) mass is 236 g/mol. The summed E-state index contributed by atoms with van der Waals surface area (Å²) in [5.74, 6) is 1.77. The molecule has 1 aliphatic rings. The van der Waals surface area contributed by atoms with Crippen LogP contribution in [-0.2, 0) is 4.79 Å². The number of hydrogen-bond acceptors (Lipinski definition) is 1. The molecule has 1 fully saturated rings. The van der Waals surface area contributed by atoms with Gasteiger partial charge >= 0.3 is 0 Å². The van der Waals surface area contributed by atoms with E-state index in [-0.39, 0.29) is 0 Å². The van der Waals surface area contributed by atoms with E-state index in [4.69, 9.17) is 0 Å². The summed E-state index contributed by atoms with van der Waals surface area (Å²) < 4.78 is 0. The maximum absolute atomic E-state index is 11.9. The van der Waals surface area contributed by atoms with Crippen molar-refractivity contribution in [3.8, 4) is 0 Å². The molecule has 0 aromatic rings. The van der Waals surface area contributed by atoms with Gasteiger partial charge in [-0.3, -0.25) is 4.79 Å². The van der Waals surface area contributed by atoms with Crippen LogP contribution in [0.1, 0.15) is 65.7 Å². The van der Waals surface area contributed by atoms with Crippen LogP contribution in [-0.4, -0.2) is 5.78 Å². The van der Waals surface area contributed by atoms with Gasteiger partial charge in [0, 0.05) is 12.8 Å². The first-order valence-electron chi connectivity index (χ1n) is 7.13. The fraction of sp³-hybridized carbons (Fsp3) is 0.812. The van der Waals surface area contributed by atoms with Crippen molar-refractivity contribution >= 4 is 5.78 Å². The van der Waals surface area contributed by atoms with E-state index in [9.17, 15) is 4.79 Å². The van der Waals surface area contributed by atoms with Gasteiger partial charge in [-0.25, -0.2) is 0 Å². The number of allylic oxidation sites excluding steroid dienone is 1. The summed E-state index contributed by atoms with van der Waals surface area (Å²) in [5.41, 5.74) is 0.482. The number of ketones is 1. The zero-order valence-electron chi connectivity index (χ0n) is 11.8. The van der Waals surface area contributed by atoms with E-state index in [1.165, 1.54) is 25.7 Å². The maximum atomic E-state index is 11.9. The highest BCUT2D eigenvalue weighted by atomic mass is 16.1. The molecule has 0 radical (unpaired) electrons. The Bertz CT molecular complexity index is 269. The minimum Gasteiger partial charge on any atom is -0.300 e. The molecule has 98 valence electrons. The summed E-state index contributed by atoms with van der Waals surface area (Å²) >= 11 is 0. The Balaban J connectivity index is 2.50. The average Bonchev–Trinajstić information content (AvgIpc) is 2.31. The molecule has 0 bridgehead atoms. The predicted octanol–water partition coefficient (Wildman–Crippen LogP) is 4.76. The van der Waals surface area contributed by atoms with E-state index in [1.54, 1.807) is 0 Å². The number of Topliss-reactive ketones (excluding diaryl/α,β-unsaturated/α-hetero) is 1. The minimum atomic E-state index is 0.433. The number of carbonyl (C=O) groups is 1. The van der Waals surface area contributed by atoms with Gasteiger partial charge in [0.15, 0.2) is 0 Å². The molecule has 0 heterocycles. The molecule has 0 N–H and O–H groups in total. The van der Waals surface area contributed by atoms with Gasteiger partial charge in [-0.15, -0.1) is 6.58 Å². The lowest BCUT2D eigenvalue weighted by Crippen LogP contribution is -2.31. The summed E-state index contributed by atoms with van der Waals surface area (Å²) in [6, 6.07) is 0. The van der Waals surface area contributed by atoms with E-state index in [0.717, 1.165) is 18.8 Å². The molecule has 0 aromatic carbocycles. The average molecular weight is 236 g/mol. The highest BCUT2D eigenvalue weighted by Gasteiger charge is 2.35. The van der Waals surface area contributed by atoms with Crippen LogP contribution in [0.15, 0.2) is 12.7 Å². The van der Waals surface area contributed by atoms with Crippen molar-refractivity contribution in [2.24, 2.45) is 17.3 Å². The molecule has 1 saturated carbocycles. The zero-order valence-corrected chi connectivity index (χ0v) is 11.8. The van der Waals surface area contributed by atoms with Crippen LogP contribution in [0.25, 0.3) is 0 Å². The van der Waals surface area contributed by atoms with Crippen LogP contribution in [0.3, 0.4) is 0 Å². The Morgan fingerprint density at radius 2 is 2.24 bits per heavy atom. The lowest BCUT2D eigenvalue weighted by atomic mass is 9.64. The first kappa shape index (κ1) is 14.5. The SMILES string of the molecule is C=CCCC(=O)CC1CC(C)(CC)CCC1C. The molecule has 3 atom stereocenters. The van der Waals surface area contributed by atoms with Crippen molar-refractivity contribution in [1.29, 1.82) is 0 Å². The zero-order chi connectivity index (χ0) is 12.9. The van der Waals surface area contributed by atoms with Crippen molar-refractivity contribution in [2.75, 3.05) is 0 Å². The summed E-state index contributed by atoms with van der Waals surface area (Å²) in [6.45, 7) is 10.7. The third-order valence-electron chi connectivity index (χ3n) is 4.73. The van der Waals surface area contributed by atoms with Gasteiger partial charge in [-0.1, -0.05) is 33.3 Å². The van der Waals surface area contributed by atoms with Crippen molar-refractivity contribution in [3.05, 3.63) is 12.7 Å². The van der Waals surface area contributed by atoms with E-state index < -0.39 is 0 Å². The quantitative estimate of drug-likeness (QED) is 0.607. The third-order valence-corrected chi connectivity index (χ3v) is 4.73. The maximum Gasteiger partial charge on any atom is 0.133 e. The van der Waals surface area contributed by atoms with Gasteiger partial charge in [-0.05, 0) is 42.9 Å². The second-order valence-electron chi connectivity index (χ2n) is 6.21. The molecular formula is C16H28O. The molecule has 0 spiro atoms. The van der Waals surface area contributed by atoms with Gasteiger partial charge in [-0.2, -0.15) is 0 Å². The van der Waals surface area contributed by atoms with Crippen LogP contribution in [0.2, 0.25) is 0 Å². The van der Waals surface area contributed by atoms with E-state index >= 15 is 0 Å². The Labute approximate surface area is 107 Å². The van der Waals surface area contributed by atoms with Crippen LogP contribution in [0.4, 0.5) is 0 Å². The van der Waals surface area contributed by atoms with Gasteiger partial charge in [0.2, 0.25) is 0 Å². The largest absolute Gasteiger partial charge is 0.300 e. The number of rotatable bonds is 6. The molecule has 3 unspecified atom stereocenters. The fourth-order valence-corrected chi connectivity index (χ4v) is 3.00. The Kier molecular flexibility index (Phi) is 5.42. The highest BCUT2D eigenvalue weighted by Crippen LogP contribution is 2.45. The second-order valence-corrected chi connectivity index (χ2v) is 6.21. The van der Waals surface area contributed by atoms with E-state index in [2.05, 4.69) is 27.4 Å². The van der Waals surface area contributed by atoms with Gasteiger partial charge in [0.25, 0.3) is 0 Å². The van der Waals surface area contributed by atoms with Crippen molar-refractivity contribution in [1.82, 2.24) is 0 Å². The molecule has 1 heteroatoms. The molecular weight excluding hydrogens is 208 g/mol. The van der Waals surface area contributed by atoms with E-state index in [1.807, 2.05) is 6.08 Å². The Morgan fingerprint density at radius 1 is 1.53 bits per heavy atom. The van der Waals surface area contributed by atoms with Crippen LogP contribution < -0.4 is 0 Å². The molecule has 0 saturated heterocycles. The molecule has 17 heavy (non-hydrogen) atoms. The topological polar surface area (TPSA) is 17.1 Å². The smallest absolute Gasteiger partial charge is 0.133 e. The minimum absolute atomic E-state index is 0.433. The van der Waals surface area contributed by atoms with Crippen LogP contribution >= 0.6 is 0 Å².